The zero-order valence-corrected chi connectivity index (χ0v) is 20.2. The minimum Gasteiger partial charge on any atom is -0.394 e. The maximum Gasteiger partial charge on any atom is 0.171 e. The lowest BCUT2D eigenvalue weighted by molar-refractivity contribution is 0.544. The molecule has 0 bridgehead atoms. The standard InChI is InChI=1S/C19H28ClIN4S2/c1-4-5-14(19(3,23)10-11-27-13(2)22)12-17(21)25-18(26)24-16-8-6-15(20)7-9-16/h4-6,8-9,12,15,17H,2,7,10-11,22-23H2,1,3H3,(H2,24,25,26)/b5-4-,14-12+. The Balaban J connectivity index is 2.69. The molecule has 3 atom stereocenters. The Bertz CT molecular complexity index is 656. The number of thiocarbonyl (C=S) groups is 1. The smallest absolute Gasteiger partial charge is 0.171 e. The molecule has 4 nitrogen and oxygen atoms in total. The third kappa shape index (κ3) is 10.0. The Morgan fingerprint density at radius 3 is 2.89 bits per heavy atom. The number of nitrogens with two attached hydrogens (primary N) is 2. The average molecular weight is 539 g/mol. The molecule has 0 aromatic rings. The van der Waals surface area contributed by atoms with Gasteiger partial charge in [0.25, 0.3) is 0 Å². The van der Waals surface area contributed by atoms with E-state index < -0.39 is 5.54 Å². The van der Waals surface area contributed by atoms with Crippen LogP contribution in [0.25, 0.3) is 0 Å². The van der Waals surface area contributed by atoms with Gasteiger partial charge in [-0.2, -0.15) is 0 Å². The summed E-state index contributed by atoms with van der Waals surface area (Å²) in [6.07, 6.45) is 13.6. The molecule has 0 fully saturated rings. The van der Waals surface area contributed by atoms with E-state index in [9.17, 15) is 0 Å². The van der Waals surface area contributed by atoms with Gasteiger partial charge in [-0.05, 0) is 56.6 Å². The number of nitrogens with one attached hydrogen (secondary N) is 2. The zero-order chi connectivity index (χ0) is 20.4. The maximum atomic E-state index is 6.56. The lowest BCUT2D eigenvalue weighted by Gasteiger charge is -2.27. The van der Waals surface area contributed by atoms with Crippen LogP contribution in [0.1, 0.15) is 26.7 Å². The van der Waals surface area contributed by atoms with E-state index in [0.29, 0.717) is 10.1 Å². The number of thioether (sulfide) groups is 1. The van der Waals surface area contributed by atoms with Gasteiger partial charge in [-0.15, -0.1) is 23.4 Å². The largest absolute Gasteiger partial charge is 0.394 e. The number of allylic oxidation sites excluding steroid dienone is 4. The maximum absolute atomic E-state index is 6.56. The Labute approximate surface area is 191 Å². The second-order valence-electron chi connectivity index (χ2n) is 6.37. The molecule has 0 aromatic carbocycles. The fourth-order valence-electron chi connectivity index (χ4n) is 2.33. The van der Waals surface area contributed by atoms with Crippen LogP contribution in [0.2, 0.25) is 0 Å². The van der Waals surface area contributed by atoms with Crippen LogP contribution in [0.15, 0.2) is 59.3 Å². The molecule has 0 amide bonds. The molecule has 0 aromatic heterocycles. The summed E-state index contributed by atoms with van der Waals surface area (Å²) in [5.74, 6) is 0.818. The van der Waals surface area contributed by atoms with E-state index in [4.69, 9.17) is 35.3 Å². The van der Waals surface area contributed by atoms with Crippen molar-refractivity contribution < 1.29 is 0 Å². The molecule has 0 aliphatic heterocycles. The van der Waals surface area contributed by atoms with Gasteiger partial charge < -0.3 is 22.1 Å². The Hall–Kier alpha value is -0.480. The van der Waals surface area contributed by atoms with Crippen molar-refractivity contribution in [2.45, 2.75) is 41.7 Å². The van der Waals surface area contributed by atoms with Crippen LogP contribution in [0.5, 0.6) is 0 Å². The minimum absolute atomic E-state index is 0.0113. The van der Waals surface area contributed by atoms with Crippen LogP contribution < -0.4 is 22.1 Å². The Morgan fingerprint density at radius 1 is 1.63 bits per heavy atom. The summed E-state index contributed by atoms with van der Waals surface area (Å²) in [6.45, 7) is 7.72. The molecule has 8 heteroatoms. The SMILES string of the molecule is C=C(N)SCCC(C)(N)C(/C=C\C)=C/C(I)NC(=S)NC1=CCC(Cl)C=C1. The summed E-state index contributed by atoms with van der Waals surface area (Å²) in [4.78, 5) is 0. The van der Waals surface area contributed by atoms with E-state index in [0.717, 1.165) is 29.9 Å². The van der Waals surface area contributed by atoms with E-state index in [1.54, 1.807) is 0 Å². The van der Waals surface area contributed by atoms with Crippen LogP contribution in [-0.4, -0.2) is 25.8 Å². The fraction of sp³-hybridized carbons (Fsp3) is 0.421. The van der Waals surface area contributed by atoms with Crippen molar-refractivity contribution in [1.29, 1.82) is 0 Å². The molecule has 0 radical (unpaired) electrons. The summed E-state index contributed by atoms with van der Waals surface area (Å²) < 4.78 is -0.0113. The summed E-state index contributed by atoms with van der Waals surface area (Å²) in [5.41, 5.74) is 13.7. The van der Waals surface area contributed by atoms with Gasteiger partial charge in [-0.1, -0.05) is 53.5 Å². The van der Waals surface area contributed by atoms with E-state index in [2.05, 4.69) is 45.9 Å². The quantitative estimate of drug-likeness (QED) is 0.114. The van der Waals surface area contributed by atoms with Gasteiger partial charge in [-0.3, -0.25) is 0 Å². The summed E-state index contributed by atoms with van der Waals surface area (Å²) in [6, 6.07) is 0. The molecule has 0 saturated heterocycles. The molecule has 6 N–H and O–H groups in total. The first-order valence-electron chi connectivity index (χ1n) is 8.59. The summed E-state index contributed by atoms with van der Waals surface area (Å²) in [7, 11) is 0. The van der Waals surface area contributed by atoms with Crippen molar-refractivity contribution in [2.24, 2.45) is 11.5 Å². The van der Waals surface area contributed by atoms with Crippen molar-refractivity contribution in [3.05, 3.63) is 59.3 Å². The van der Waals surface area contributed by atoms with Gasteiger partial charge in [0.15, 0.2) is 5.11 Å². The number of halogens is 2. The highest BCUT2D eigenvalue weighted by molar-refractivity contribution is 14.1. The fourth-order valence-corrected chi connectivity index (χ4v) is 4.44. The molecule has 0 saturated carbocycles. The first-order valence-corrected chi connectivity index (χ1v) is 11.7. The molecule has 150 valence electrons. The zero-order valence-electron chi connectivity index (χ0n) is 15.7. The highest BCUT2D eigenvalue weighted by Crippen LogP contribution is 2.24. The molecule has 1 rings (SSSR count). The predicted molar refractivity (Wildman–Crippen MR) is 134 cm³/mol. The third-order valence-corrected chi connectivity index (χ3v) is 5.81. The molecule has 0 spiro atoms. The van der Waals surface area contributed by atoms with Gasteiger partial charge in [-0.25, -0.2) is 0 Å². The average Bonchev–Trinajstić information content (AvgIpc) is 2.56. The van der Waals surface area contributed by atoms with Crippen molar-refractivity contribution in [2.75, 3.05) is 5.75 Å². The number of hydrogen-bond acceptors (Lipinski definition) is 4. The highest BCUT2D eigenvalue weighted by atomic mass is 127. The van der Waals surface area contributed by atoms with E-state index >= 15 is 0 Å². The minimum atomic E-state index is -0.473. The number of rotatable bonds is 9. The third-order valence-electron chi connectivity index (χ3n) is 3.81. The van der Waals surface area contributed by atoms with Gasteiger partial charge in [0.2, 0.25) is 0 Å². The van der Waals surface area contributed by atoms with Crippen LogP contribution in [0, 0.1) is 0 Å². The van der Waals surface area contributed by atoms with Crippen molar-refractivity contribution in [3.8, 4) is 0 Å². The van der Waals surface area contributed by atoms with E-state index in [-0.39, 0.29) is 9.43 Å². The molecular formula is C19H28ClIN4S2. The molecule has 3 unspecified atom stereocenters. The second-order valence-corrected chi connectivity index (χ2v) is 9.91. The summed E-state index contributed by atoms with van der Waals surface area (Å²) >= 11 is 15.3. The van der Waals surface area contributed by atoms with Crippen molar-refractivity contribution in [1.82, 2.24) is 10.6 Å². The van der Waals surface area contributed by atoms with Crippen LogP contribution >= 0.6 is 58.2 Å². The number of alkyl halides is 2. The Morgan fingerprint density at radius 2 is 2.33 bits per heavy atom. The lowest BCUT2D eigenvalue weighted by atomic mass is 9.89. The van der Waals surface area contributed by atoms with Crippen LogP contribution in [-0.2, 0) is 0 Å². The van der Waals surface area contributed by atoms with Gasteiger partial charge in [0, 0.05) is 17.0 Å². The predicted octanol–water partition coefficient (Wildman–Crippen LogP) is 4.44. The highest BCUT2D eigenvalue weighted by Gasteiger charge is 2.23. The first-order chi connectivity index (χ1) is 12.6. The first kappa shape index (κ1) is 24.6. The van der Waals surface area contributed by atoms with Gasteiger partial charge in [0.05, 0.1) is 14.5 Å². The van der Waals surface area contributed by atoms with Crippen molar-refractivity contribution >= 4 is 63.3 Å². The molecular weight excluding hydrogens is 511 g/mol. The topological polar surface area (TPSA) is 76.1 Å². The van der Waals surface area contributed by atoms with Crippen LogP contribution in [0.3, 0.4) is 0 Å². The molecule has 0 heterocycles. The lowest BCUT2D eigenvalue weighted by Crippen LogP contribution is -2.41. The number of hydrogen-bond donors (Lipinski definition) is 4. The van der Waals surface area contributed by atoms with E-state index in [1.165, 1.54) is 11.8 Å². The van der Waals surface area contributed by atoms with Gasteiger partial charge >= 0.3 is 0 Å². The second kappa shape index (κ2) is 12.2. The Kier molecular flexibility index (Phi) is 11.1. The molecule has 27 heavy (non-hydrogen) atoms. The monoisotopic (exact) mass is 538 g/mol. The van der Waals surface area contributed by atoms with Gasteiger partial charge in [0.1, 0.15) is 0 Å². The van der Waals surface area contributed by atoms with E-state index in [1.807, 2.05) is 44.2 Å². The van der Waals surface area contributed by atoms with Crippen molar-refractivity contribution in [3.63, 3.8) is 0 Å². The summed E-state index contributed by atoms with van der Waals surface area (Å²) in [5, 5.41) is 7.68. The normalized spacial score (nSPS) is 20.7. The molecule has 1 aliphatic rings. The molecule has 1 aliphatic carbocycles. The van der Waals surface area contributed by atoms with Crippen LogP contribution in [0.4, 0.5) is 0 Å².